The van der Waals surface area contributed by atoms with Gasteiger partial charge in [-0.1, -0.05) is 0 Å². The molecule has 1 aliphatic rings. The van der Waals surface area contributed by atoms with E-state index in [1.807, 2.05) is 0 Å². The van der Waals surface area contributed by atoms with Crippen LogP contribution >= 0.6 is 27.3 Å². The lowest BCUT2D eigenvalue weighted by Gasteiger charge is -2.25. The Morgan fingerprint density at radius 2 is 2.37 bits per heavy atom. The van der Waals surface area contributed by atoms with Gasteiger partial charge < -0.3 is 9.47 Å². The van der Waals surface area contributed by atoms with Gasteiger partial charge in [-0.25, -0.2) is 13.1 Å². The van der Waals surface area contributed by atoms with E-state index in [0.717, 1.165) is 8.66 Å². The third-order valence-electron chi connectivity index (χ3n) is 3.22. The molecule has 2 heterocycles. The second kappa shape index (κ2) is 5.79. The van der Waals surface area contributed by atoms with E-state index in [1.54, 1.807) is 20.1 Å². The van der Waals surface area contributed by atoms with Crippen molar-refractivity contribution >= 4 is 37.3 Å². The van der Waals surface area contributed by atoms with Gasteiger partial charge in [0.15, 0.2) is 0 Å². The molecule has 8 heteroatoms. The zero-order valence-corrected chi connectivity index (χ0v) is 14.0. The highest BCUT2D eigenvalue weighted by molar-refractivity contribution is 9.11. The molecule has 0 bridgehead atoms. The van der Waals surface area contributed by atoms with Gasteiger partial charge in [0.25, 0.3) is 0 Å². The van der Waals surface area contributed by atoms with Crippen LogP contribution in [0, 0.1) is 6.92 Å². The third kappa shape index (κ3) is 3.37. The minimum absolute atomic E-state index is 0.221. The van der Waals surface area contributed by atoms with Crippen molar-refractivity contribution in [2.24, 2.45) is 0 Å². The van der Waals surface area contributed by atoms with E-state index < -0.39 is 15.6 Å². The fraction of sp³-hybridized carbons (Fsp3) is 0.636. The minimum Gasteiger partial charge on any atom is -0.378 e. The van der Waals surface area contributed by atoms with Crippen LogP contribution in [-0.4, -0.2) is 40.9 Å². The standard InChI is InChI=1S/C11H16BrNO4S2/c1-8-9(5-10(12)18-8)19(14,15)13-6-11(16-2)3-4-17-7-11/h5,13H,3-4,6-7H2,1-2H3. The maximum Gasteiger partial charge on any atom is 0.241 e. The molecule has 0 radical (unpaired) electrons. The summed E-state index contributed by atoms with van der Waals surface area (Å²) >= 11 is 4.70. The Hall–Kier alpha value is 0.01000. The van der Waals surface area contributed by atoms with Crippen LogP contribution in [0.25, 0.3) is 0 Å². The van der Waals surface area contributed by atoms with Crippen LogP contribution in [0.4, 0.5) is 0 Å². The number of hydrogen-bond donors (Lipinski definition) is 1. The van der Waals surface area contributed by atoms with Gasteiger partial charge in [0.05, 0.1) is 15.3 Å². The average molecular weight is 370 g/mol. The first-order chi connectivity index (χ1) is 8.88. The van der Waals surface area contributed by atoms with Gasteiger partial charge in [0.1, 0.15) is 5.60 Å². The van der Waals surface area contributed by atoms with Crippen LogP contribution < -0.4 is 4.72 Å². The first-order valence-electron chi connectivity index (χ1n) is 5.77. The highest BCUT2D eigenvalue weighted by atomic mass is 79.9. The van der Waals surface area contributed by atoms with E-state index in [9.17, 15) is 8.42 Å². The number of rotatable bonds is 5. The molecular formula is C11H16BrNO4S2. The van der Waals surface area contributed by atoms with Gasteiger partial charge in [-0.05, 0) is 28.9 Å². The van der Waals surface area contributed by atoms with Crippen LogP contribution in [0.1, 0.15) is 11.3 Å². The Morgan fingerprint density at radius 3 is 2.84 bits per heavy atom. The van der Waals surface area contributed by atoms with E-state index in [2.05, 4.69) is 20.7 Å². The fourth-order valence-electron chi connectivity index (χ4n) is 1.96. The van der Waals surface area contributed by atoms with Gasteiger partial charge in [-0.15, -0.1) is 11.3 Å². The monoisotopic (exact) mass is 369 g/mol. The van der Waals surface area contributed by atoms with Gasteiger partial charge in [0, 0.05) is 31.6 Å². The van der Waals surface area contributed by atoms with Crippen LogP contribution in [0.5, 0.6) is 0 Å². The SMILES string of the molecule is COC1(CNS(=O)(=O)c2cc(Br)sc2C)CCOC1. The van der Waals surface area contributed by atoms with Crippen molar-refractivity contribution in [2.45, 2.75) is 23.8 Å². The number of nitrogens with one attached hydrogen (secondary N) is 1. The number of hydrogen-bond acceptors (Lipinski definition) is 5. The summed E-state index contributed by atoms with van der Waals surface area (Å²) in [4.78, 5) is 1.07. The largest absolute Gasteiger partial charge is 0.378 e. The van der Waals surface area contributed by atoms with E-state index in [0.29, 0.717) is 24.5 Å². The first-order valence-corrected chi connectivity index (χ1v) is 8.86. The molecule has 1 aromatic rings. The lowest BCUT2D eigenvalue weighted by molar-refractivity contribution is -0.0120. The zero-order valence-electron chi connectivity index (χ0n) is 10.7. The van der Waals surface area contributed by atoms with E-state index >= 15 is 0 Å². The number of thiophene rings is 1. The molecule has 1 unspecified atom stereocenters. The van der Waals surface area contributed by atoms with E-state index in [4.69, 9.17) is 9.47 Å². The van der Waals surface area contributed by atoms with Crippen LogP contribution in [-0.2, 0) is 19.5 Å². The van der Waals surface area contributed by atoms with Gasteiger partial charge in [-0.3, -0.25) is 0 Å². The number of ether oxygens (including phenoxy) is 2. The molecule has 1 N–H and O–H groups in total. The fourth-order valence-corrected chi connectivity index (χ4v) is 5.49. The molecular weight excluding hydrogens is 354 g/mol. The molecule has 108 valence electrons. The molecule has 0 spiro atoms. The second-order valence-electron chi connectivity index (χ2n) is 4.49. The van der Waals surface area contributed by atoms with Crippen molar-refractivity contribution in [1.29, 1.82) is 0 Å². The summed E-state index contributed by atoms with van der Waals surface area (Å²) in [7, 11) is -1.93. The Morgan fingerprint density at radius 1 is 1.63 bits per heavy atom. The Balaban J connectivity index is 2.12. The predicted molar refractivity (Wildman–Crippen MR) is 77.1 cm³/mol. The molecule has 5 nitrogen and oxygen atoms in total. The number of methoxy groups -OCH3 is 1. The lowest BCUT2D eigenvalue weighted by Crippen LogP contribution is -2.44. The molecule has 1 aliphatic heterocycles. The van der Waals surface area contributed by atoms with Gasteiger partial charge in [0.2, 0.25) is 10.0 Å². The summed E-state index contributed by atoms with van der Waals surface area (Å²) in [6, 6.07) is 1.62. The molecule has 0 amide bonds. The van der Waals surface area contributed by atoms with Crippen molar-refractivity contribution in [2.75, 3.05) is 26.9 Å². The van der Waals surface area contributed by atoms with E-state index in [-0.39, 0.29) is 6.54 Å². The van der Waals surface area contributed by atoms with Crippen LogP contribution in [0.15, 0.2) is 14.7 Å². The maximum atomic E-state index is 12.3. The maximum absolute atomic E-state index is 12.3. The smallest absolute Gasteiger partial charge is 0.241 e. The van der Waals surface area contributed by atoms with Crippen LogP contribution in [0.3, 0.4) is 0 Å². The highest BCUT2D eigenvalue weighted by Crippen LogP contribution is 2.30. The quantitative estimate of drug-likeness (QED) is 0.860. The Bertz CT molecular complexity index is 549. The van der Waals surface area contributed by atoms with Gasteiger partial charge >= 0.3 is 0 Å². The Labute approximate surface area is 125 Å². The molecule has 0 saturated carbocycles. The van der Waals surface area contributed by atoms with Crippen molar-refractivity contribution in [3.8, 4) is 0 Å². The topological polar surface area (TPSA) is 64.6 Å². The van der Waals surface area contributed by atoms with Crippen molar-refractivity contribution in [3.63, 3.8) is 0 Å². The highest BCUT2D eigenvalue weighted by Gasteiger charge is 2.36. The molecule has 1 atom stereocenters. The second-order valence-corrected chi connectivity index (χ2v) is 8.86. The summed E-state index contributed by atoms with van der Waals surface area (Å²) in [6.07, 6.45) is 0.693. The van der Waals surface area contributed by atoms with Crippen molar-refractivity contribution < 1.29 is 17.9 Å². The van der Waals surface area contributed by atoms with Crippen molar-refractivity contribution in [3.05, 3.63) is 14.7 Å². The lowest BCUT2D eigenvalue weighted by atomic mass is 10.0. The van der Waals surface area contributed by atoms with Gasteiger partial charge in [-0.2, -0.15) is 0 Å². The molecule has 1 saturated heterocycles. The number of sulfonamides is 1. The molecule has 0 aromatic carbocycles. The molecule has 0 aliphatic carbocycles. The minimum atomic E-state index is -3.51. The summed E-state index contributed by atoms with van der Waals surface area (Å²) in [5.74, 6) is 0. The average Bonchev–Trinajstić information content (AvgIpc) is 2.95. The summed E-state index contributed by atoms with van der Waals surface area (Å²) in [6.45, 7) is 3.02. The summed E-state index contributed by atoms with van der Waals surface area (Å²) in [5.41, 5.74) is -0.547. The molecule has 1 aromatic heterocycles. The van der Waals surface area contributed by atoms with Crippen LogP contribution in [0.2, 0.25) is 0 Å². The predicted octanol–water partition coefficient (Wildman–Crippen LogP) is 1.90. The van der Waals surface area contributed by atoms with E-state index in [1.165, 1.54) is 11.3 Å². The third-order valence-corrected chi connectivity index (χ3v) is 6.43. The number of aryl methyl sites for hydroxylation is 1. The molecule has 1 fully saturated rings. The first kappa shape index (κ1) is 15.4. The van der Waals surface area contributed by atoms with Crippen molar-refractivity contribution in [1.82, 2.24) is 4.72 Å². The zero-order chi connectivity index (χ0) is 14.1. The molecule has 2 rings (SSSR count). The summed E-state index contributed by atoms with van der Waals surface area (Å²) < 4.78 is 38.6. The number of halogens is 1. The molecule has 19 heavy (non-hydrogen) atoms. The summed E-state index contributed by atoms with van der Waals surface area (Å²) in [5, 5.41) is 0. The Kier molecular flexibility index (Phi) is 4.69. The normalized spacial score (nSPS) is 23.9.